The number of piperidine rings is 1. The summed E-state index contributed by atoms with van der Waals surface area (Å²) < 4.78 is 27.6. The number of aryl methyl sites for hydroxylation is 3. The molecular weight excluding hydrogens is 460 g/mol. The average Bonchev–Trinajstić information content (AvgIpc) is 2.86. The molecule has 2 aromatic carbocycles. The lowest BCUT2D eigenvalue weighted by atomic mass is 9.97. The summed E-state index contributed by atoms with van der Waals surface area (Å²) in [7, 11) is -3.52. The van der Waals surface area contributed by atoms with E-state index >= 15 is 0 Å². The van der Waals surface area contributed by atoms with E-state index in [-0.39, 0.29) is 11.8 Å². The lowest BCUT2D eigenvalue weighted by molar-refractivity contribution is -0.126. The second-order valence-corrected chi connectivity index (χ2v) is 11.8. The number of carbonyl (C=O) groups excluding carboxylic acids is 1. The molecule has 2 aromatic rings. The fourth-order valence-corrected chi connectivity index (χ4v) is 6.47. The van der Waals surface area contributed by atoms with E-state index in [2.05, 4.69) is 46.3 Å². The van der Waals surface area contributed by atoms with Crippen LogP contribution in [0.3, 0.4) is 0 Å². The maximum atomic E-state index is 13.0. The molecule has 8 heteroatoms. The average molecular weight is 499 g/mol. The van der Waals surface area contributed by atoms with Crippen LogP contribution in [-0.4, -0.2) is 75.9 Å². The summed E-state index contributed by atoms with van der Waals surface area (Å²) in [5.74, 6) is -0.0778. The van der Waals surface area contributed by atoms with E-state index in [4.69, 9.17) is 0 Å². The molecule has 2 aliphatic heterocycles. The molecule has 4 rings (SSSR count). The number of nitrogens with zero attached hydrogens (tertiary/aromatic N) is 3. The highest BCUT2D eigenvalue weighted by Crippen LogP contribution is 2.25. The number of hydrogen-bond donors (Lipinski definition) is 1. The lowest BCUT2D eigenvalue weighted by Crippen LogP contribution is -2.49. The first-order chi connectivity index (χ1) is 16.7. The summed E-state index contributed by atoms with van der Waals surface area (Å²) in [5.41, 5.74) is 4.61. The van der Waals surface area contributed by atoms with Gasteiger partial charge in [-0.1, -0.05) is 18.2 Å². The molecule has 1 amide bonds. The van der Waals surface area contributed by atoms with Gasteiger partial charge in [0.25, 0.3) is 0 Å². The Kier molecular flexibility index (Phi) is 8.14. The van der Waals surface area contributed by atoms with Gasteiger partial charge in [-0.25, -0.2) is 8.42 Å². The molecule has 0 aliphatic carbocycles. The predicted octanol–water partition coefficient (Wildman–Crippen LogP) is 2.95. The minimum absolute atomic E-state index is 0.0478. The zero-order valence-corrected chi connectivity index (χ0v) is 22.0. The van der Waals surface area contributed by atoms with Crippen molar-refractivity contribution in [3.05, 3.63) is 59.2 Å². The van der Waals surface area contributed by atoms with Crippen LogP contribution in [0.5, 0.6) is 0 Å². The Hall–Kier alpha value is -2.42. The number of nitrogens with one attached hydrogen (secondary N) is 1. The largest absolute Gasteiger partial charge is 0.369 e. The van der Waals surface area contributed by atoms with Gasteiger partial charge in [-0.15, -0.1) is 0 Å². The van der Waals surface area contributed by atoms with E-state index in [1.807, 2.05) is 19.9 Å². The van der Waals surface area contributed by atoms with Gasteiger partial charge in [0.05, 0.1) is 4.90 Å². The van der Waals surface area contributed by atoms with Gasteiger partial charge >= 0.3 is 0 Å². The summed E-state index contributed by atoms with van der Waals surface area (Å²) in [4.78, 5) is 17.9. The number of piperazine rings is 1. The quantitative estimate of drug-likeness (QED) is 0.636. The molecule has 0 unspecified atom stereocenters. The maximum Gasteiger partial charge on any atom is 0.243 e. The van der Waals surface area contributed by atoms with Crippen molar-refractivity contribution in [3.63, 3.8) is 0 Å². The number of carbonyl (C=O) groups is 1. The highest BCUT2D eigenvalue weighted by molar-refractivity contribution is 7.89. The first kappa shape index (κ1) is 25.7. The summed E-state index contributed by atoms with van der Waals surface area (Å²) in [6, 6.07) is 13.9. The molecule has 0 spiro atoms. The third-order valence-electron chi connectivity index (χ3n) is 7.41. The minimum atomic E-state index is -3.52. The molecular formula is C27H38N4O3S. The van der Waals surface area contributed by atoms with Crippen LogP contribution in [0.1, 0.15) is 29.5 Å². The van der Waals surface area contributed by atoms with Gasteiger partial charge in [0.1, 0.15) is 0 Å². The van der Waals surface area contributed by atoms with Gasteiger partial charge in [-0.05, 0) is 74.6 Å². The van der Waals surface area contributed by atoms with Crippen LogP contribution in [0.2, 0.25) is 0 Å². The number of amides is 1. The molecule has 1 N–H and O–H groups in total. The SMILES string of the molecule is Cc1cccc(N2CCN(CCNC(=O)C3CCN(S(=O)(=O)c4ccc(C)c(C)c4)CC3)CC2)c1. The molecule has 0 bridgehead atoms. The van der Waals surface area contributed by atoms with Crippen molar-refractivity contribution in [3.8, 4) is 0 Å². The molecule has 0 saturated carbocycles. The van der Waals surface area contributed by atoms with Crippen LogP contribution in [0.4, 0.5) is 5.69 Å². The molecule has 2 fully saturated rings. The molecule has 35 heavy (non-hydrogen) atoms. The second-order valence-electron chi connectivity index (χ2n) is 9.88. The third kappa shape index (κ3) is 6.23. The van der Waals surface area contributed by atoms with E-state index in [1.165, 1.54) is 15.6 Å². The van der Waals surface area contributed by atoms with Crippen molar-refractivity contribution in [2.75, 3.05) is 57.3 Å². The lowest BCUT2D eigenvalue weighted by Gasteiger charge is -2.36. The molecule has 0 atom stereocenters. The molecule has 7 nitrogen and oxygen atoms in total. The van der Waals surface area contributed by atoms with Gasteiger partial charge in [0.15, 0.2) is 0 Å². The Morgan fingerprint density at radius 2 is 1.63 bits per heavy atom. The monoisotopic (exact) mass is 498 g/mol. The predicted molar refractivity (Wildman–Crippen MR) is 140 cm³/mol. The Bertz CT molecular complexity index is 1130. The standard InChI is InChI=1S/C27H38N4O3S/c1-21-5-4-6-25(19-21)30-17-15-29(16-18-30)14-11-28-27(32)24-9-12-31(13-10-24)35(33,34)26-8-7-22(2)23(3)20-26/h4-8,19-20,24H,9-18H2,1-3H3,(H,28,32). The summed E-state index contributed by atoms with van der Waals surface area (Å²) in [6.07, 6.45) is 1.12. The van der Waals surface area contributed by atoms with Crippen molar-refractivity contribution >= 4 is 21.6 Å². The normalized spacial score (nSPS) is 18.5. The molecule has 0 aromatic heterocycles. The Morgan fingerprint density at radius 3 is 2.29 bits per heavy atom. The first-order valence-electron chi connectivity index (χ1n) is 12.6. The maximum absolute atomic E-state index is 13.0. The summed E-state index contributed by atoms with van der Waals surface area (Å²) >= 11 is 0. The van der Waals surface area contributed by atoms with Crippen LogP contribution < -0.4 is 10.2 Å². The highest BCUT2D eigenvalue weighted by Gasteiger charge is 2.32. The fourth-order valence-electron chi connectivity index (χ4n) is 4.92. The molecule has 2 aliphatic rings. The van der Waals surface area contributed by atoms with E-state index in [9.17, 15) is 13.2 Å². The van der Waals surface area contributed by atoms with E-state index < -0.39 is 10.0 Å². The van der Waals surface area contributed by atoms with Crippen molar-refractivity contribution in [2.45, 2.75) is 38.5 Å². The molecule has 2 saturated heterocycles. The van der Waals surface area contributed by atoms with Crippen molar-refractivity contribution < 1.29 is 13.2 Å². The van der Waals surface area contributed by atoms with Crippen molar-refractivity contribution in [2.24, 2.45) is 5.92 Å². The topological polar surface area (TPSA) is 73.0 Å². The first-order valence-corrected chi connectivity index (χ1v) is 14.1. The van der Waals surface area contributed by atoms with Crippen LogP contribution in [0.25, 0.3) is 0 Å². The Balaban J connectivity index is 1.18. The second kappa shape index (κ2) is 11.1. The van der Waals surface area contributed by atoms with Gasteiger partial charge in [0.2, 0.25) is 15.9 Å². The smallest absolute Gasteiger partial charge is 0.243 e. The van der Waals surface area contributed by atoms with Crippen LogP contribution in [0.15, 0.2) is 47.4 Å². The minimum Gasteiger partial charge on any atom is -0.369 e. The van der Waals surface area contributed by atoms with Crippen LogP contribution in [-0.2, 0) is 14.8 Å². The highest BCUT2D eigenvalue weighted by atomic mass is 32.2. The number of rotatable bonds is 7. The Labute approximate surface area is 210 Å². The van der Waals surface area contributed by atoms with Crippen molar-refractivity contribution in [1.82, 2.24) is 14.5 Å². The number of hydrogen-bond acceptors (Lipinski definition) is 5. The molecule has 190 valence electrons. The number of sulfonamides is 1. The molecule has 0 radical (unpaired) electrons. The van der Waals surface area contributed by atoms with Gasteiger partial charge in [0, 0.05) is 64.0 Å². The number of benzene rings is 2. The van der Waals surface area contributed by atoms with E-state index in [0.717, 1.165) is 43.9 Å². The van der Waals surface area contributed by atoms with E-state index in [0.29, 0.717) is 37.4 Å². The fraction of sp³-hybridized carbons (Fsp3) is 0.519. The zero-order valence-electron chi connectivity index (χ0n) is 21.2. The Morgan fingerprint density at radius 1 is 0.914 bits per heavy atom. The molecule has 2 heterocycles. The van der Waals surface area contributed by atoms with Gasteiger partial charge in [-0.2, -0.15) is 4.31 Å². The summed E-state index contributed by atoms with van der Waals surface area (Å²) in [5, 5.41) is 3.09. The van der Waals surface area contributed by atoms with Gasteiger partial charge in [-0.3, -0.25) is 9.69 Å². The third-order valence-corrected chi connectivity index (χ3v) is 9.30. The zero-order chi connectivity index (χ0) is 25.0. The van der Waals surface area contributed by atoms with Crippen LogP contribution >= 0.6 is 0 Å². The van der Waals surface area contributed by atoms with Crippen molar-refractivity contribution in [1.29, 1.82) is 0 Å². The number of anilines is 1. The van der Waals surface area contributed by atoms with Gasteiger partial charge < -0.3 is 10.2 Å². The van der Waals surface area contributed by atoms with E-state index in [1.54, 1.807) is 12.1 Å². The summed E-state index contributed by atoms with van der Waals surface area (Å²) in [6.45, 7) is 12.2. The van der Waals surface area contributed by atoms with Crippen LogP contribution in [0, 0.1) is 26.7 Å².